The first-order valence-corrected chi connectivity index (χ1v) is 6.51. The number of para-hydroxylation sites is 1. The smallest absolute Gasteiger partial charge is 0.241 e. The number of hydrogen-bond acceptors (Lipinski definition) is 2. The number of carbonyl (C=O) groups is 1. The molecule has 1 amide bonds. The van der Waals surface area contributed by atoms with E-state index in [0.29, 0.717) is 12.8 Å². The van der Waals surface area contributed by atoms with Crippen LogP contribution in [-0.2, 0) is 11.2 Å². The maximum atomic E-state index is 13.4. The molecule has 0 heterocycles. The largest absolute Gasteiger partial charge is 0.322 e. The molecule has 0 radical (unpaired) electrons. The van der Waals surface area contributed by atoms with Gasteiger partial charge in [0, 0.05) is 0 Å². The lowest BCUT2D eigenvalue weighted by atomic mass is 10.1. The number of rotatable bonds is 5. The summed E-state index contributed by atoms with van der Waals surface area (Å²) in [6, 6.07) is 15.2. The van der Waals surface area contributed by atoms with Gasteiger partial charge in [0.05, 0.1) is 11.7 Å². The molecule has 1 unspecified atom stereocenters. The number of carbonyl (C=O) groups excluding carboxylic acids is 1. The van der Waals surface area contributed by atoms with Crippen LogP contribution in [0, 0.1) is 5.82 Å². The molecular formula is C16H17FN2O. The standard InChI is InChI=1S/C16H17FN2O/c17-13-8-4-5-9-15(13)19-16(20)14(18)11-10-12-6-2-1-3-7-12/h1-9,14H,10-11,18H2,(H,19,20). The molecule has 0 bridgehead atoms. The fourth-order valence-corrected chi connectivity index (χ4v) is 1.89. The average Bonchev–Trinajstić information content (AvgIpc) is 2.48. The van der Waals surface area contributed by atoms with Gasteiger partial charge in [-0.2, -0.15) is 0 Å². The number of amides is 1. The fraction of sp³-hybridized carbons (Fsp3) is 0.188. The Morgan fingerprint density at radius 1 is 1.10 bits per heavy atom. The van der Waals surface area contributed by atoms with Crippen LogP contribution in [0.4, 0.5) is 10.1 Å². The molecule has 0 saturated heterocycles. The molecule has 0 saturated carbocycles. The van der Waals surface area contributed by atoms with Gasteiger partial charge in [0.2, 0.25) is 5.91 Å². The highest BCUT2D eigenvalue weighted by molar-refractivity contribution is 5.94. The van der Waals surface area contributed by atoms with Crippen molar-refractivity contribution in [3.63, 3.8) is 0 Å². The van der Waals surface area contributed by atoms with Gasteiger partial charge >= 0.3 is 0 Å². The number of halogens is 1. The van der Waals surface area contributed by atoms with Crippen LogP contribution >= 0.6 is 0 Å². The van der Waals surface area contributed by atoms with Gasteiger partial charge in [-0.25, -0.2) is 4.39 Å². The molecule has 3 N–H and O–H groups in total. The summed E-state index contributed by atoms with van der Waals surface area (Å²) in [6.07, 6.45) is 1.23. The van der Waals surface area contributed by atoms with E-state index in [0.717, 1.165) is 5.56 Å². The lowest BCUT2D eigenvalue weighted by Gasteiger charge is -2.12. The van der Waals surface area contributed by atoms with Crippen LogP contribution in [0.5, 0.6) is 0 Å². The highest BCUT2D eigenvalue weighted by atomic mass is 19.1. The maximum Gasteiger partial charge on any atom is 0.241 e. The van der Waals surface area contributed by atoms with Gasteiger partial charge in [-0.05, 0) is 30.5 Å². The summed E-state index contributed by atoms with van der Waals surface area (Å²) < 4.78 is 13.4. The lowest BCUT2D eigenvalue weighted by Crippen LogP contribution is -2.36. The highest BCUT2D eigenvalue weighted by Gasteiger charge is 2.14. The zero-order valence-electron chi connectivity index (χ0n) is 11.1. The topological polar surface area (TPSA) is 55.1 Å². The van der Waals surface area contributed by atoms with Crippen molar-refractivity contribution in [3.8, 4) is 0 Å². The first kappa shape index (κ1) is 14.2. The summed E-state index contributed by atoms with van der Waals surface area (Å²) in [6.45, 7) is 0. The van der Waals surface area contributed by atoms with Crippen LogP contribution in [0.15, 0.2) is 54.6 Å². The average molecular weight is 272 g/mol. The Bertz CT molecular complexity index is 572. The summed E-state index contributed by atoms with van der Waals surface area (Å²) in [5, 5.41) is 2.51. The molecule has 3 nitrogen and oxygen atoms in total. The molecular weight excluding hydrogens is 255 g/mol. The maximum absolute atomic E-state index is 13.4. The van der Waals surface area contributed by atoms with Crippen molar-refractivity contribution in [2.75, 3.05) is 5.32 Å². The predicted octanol–water partition coefficient (Wildman–Crippen LogP) is 2.72. The number of nitrogens with two attached hydrogens (primary N) is 1. The SMILES string of the molecule is NC(CCc1ccccc1)C(=O)Nc1ccccc1F. The van der Waals surface area contributed by atoms with Crippen molar-refractivity contribution in [2.24, 2.45) is 5.73 Å². The summed E-state index contributed by atoms with van der Waals surface area (Å²) >= 11 is 0. The van der Waals surface area contributed by atoms with Crippen LogP contribution in [0.1, 0.15) is 12.0 Å². The number of anilines is 1. The first-order chi connectivity index (χ1) is 9.66. The Labute approximate surface area is 117 Å². The van der Waals surface area contributed by atoms with E-state index in [9.17, 15) is 9.18 Å². The lowest BCUT2D eigenvalue weighted by molar-refractivity contribution is -0.117. The van der Waals surface area contributed by atoms with Gasteiger partial charge in [0.15, 0.2) is 0 Å². The van der Waals surface area contributed by atoms with Crippen molar-refractivity contribution in [3.05, 3.63) is 66.0 Å². The third-order valence-corrected chi connectivity index (χ3v) is 3.06. The van der Waals surface area contributed by atoms with Gasteiger partial charge in [-0.3, -0.25) is 4.79 Å². The van der Waals surface area contributed by atoms with E-state index in [-0.39, 0.29) is 11.6 Å². The van der Waals surface area contributed by atoms with Crippen LogP contribution in [-0.4, -0.2) is 11.9 Å². The van der Waals surface area contributed by atoms with E-state index in [2.05, 4.69) is 5.32 Å². The molecule has 20 heavy (non-hydrogen) atoms. The van der Waals surface area contributed by atoms with Crippen LogP contribution < -0.4 is 11.1 Å². The Morgan fingerprint density at radius 2 is 1.75 bits per heavy atom. The third kappa shape index (κ3) is 3.90. The molecule has 2 rings (SSSR count). The van der Waals surface area contributed by atoms with Crippen molar-refractivity contribution in [2.45, 2.75) is 18.9 Å². The summed E-state index contributed by atoms with van der Waals surface area (Å²) in [4.78, 5) is 11.9. The highest BCUT2D eigenvalue weighted by Crippen LogP contribution is 2.13. The van der Waals surface area contributed by atoms with E-state index in [1.807, 2.05) is 30.3 Å². The molecule has 2 aromatic rings. The van der Waals surface area contributed by atoms with Crippen LogP contribution in [0.2, 0.25) is 0 Å². The minimum atomic E-state index is -0.658. The fourth-order valence-electron chi connectivity index (χ4n) is 1.89. The van der Waals surface area contributed by atoms with Crippen LogP contribution in [0.3, 0.4) is 0 Å². The van der Waals surface area contributed by atoms with Gasteiger partial charge < -0.3 is 11.1 Å². The third-order valence-electron chi connectivity index (χ3n) is 3.06. The molecule has 104 valence electrons. The van der Waals surface area contributed by atoms with Gasteiger partial charge in [0.1, 0.15) is 5.82 Å². The monoisotopic (exact) mass is 272 g/mol. The molecule has 0 fully saturated rings. The van der Waals surface area contributed by atoms with E-state index in [4.69, 9.17) is 5.73 Å². The van der Waals surface area contributed by atoms with E-state index >= 15 is 0 Å². The zero-order chi connectivity index (χ0) is 14.4. The quantitative estimate of drug-likeness (QED) is 0.879. The molecule has 0 spiro atoms. The summed E-state index contributed by atoms with van der Waals surface area (Å²) in [7, 11) is 0. The number of nitrogens with one attached hydrogen (secondary N) is 1. The molecule has 0 aliphatic rings. The number of benzene rings is 2. The Kier molecular flexibility index (Phi) is 4.85. The predicted molar refractivity (Wildman–Crippen MR) is 77.8 cm³/mol. The van der Waals surface area contributed by atoms with E-state index in [1.54, 1.807) is 12.1 Å². The van der Waals surface area contributed by atoms with Crippen LogP contribution in [0.25, 0.3) is 0 Å². The van der Waals surface area contributed by atoms with Gasteiger partial charge in [-0.15, -0.1) is 0 Å². The van der Waals surface area contributed by atoms with Crippen molar-refractivity contribution < 1.29 is 9.18 Å². The minimum absolute atomic E-state index is 0.160. The first-order valence-electron chi connectivity index (χ1n) is 6.51. The van der Waals surface area contributed by atoms with Crippen molar-refractivity contribution in [1.29, 1.82) is 0 Å². The molecule has 4 heteroatoms. The van der Waals surface area contributed by atoms with Gasteiger partial charge in [-0.1, -0.05) is 42.5 Å². The molecule has 2 aromatic carbocycles. The Morgan fingerprint density at radius 3 is 2.45 bits per heavy atom. The zero-order valence-corrected chi connectivity index (χ0v) is 11.1. The molecule has 0 aromatic heterocycles. The van der Waals surface area contributed by atoms with Crippen molar-refractivity contribution in [1.82, 2.24) is 0 Å². The Balaban J connectivity index is 1.88. The second-order valence-corrected chi connectivity index (χ2v) is 4.60. The number of hydrogen-bond donors (Lipinski definition) is 2. The molecule has 1 atom stereocenters. The Hall–Kier alpha value is -2.20. The normalized spacial score (nSPS) is 11.9. The minimum Gasteiger partial charge on any atom is -0.322 e. The second-order valence-electron chi connectivity index (χ2n) is 4.60. The number of aryl methyl sites for hydroxylation is 1. The second kappa shape index (κ2) is 6.82. The molecule has 0 aliphatic heterocycles. The summed E-state index contributed by atoms with van der Waals surface area (Å²) in [5.74, 6) is -0.831. The molecule has 0 aliphatic carbocycles. The van der Waals surface area contributed by atoms with E-state index < -0.39 is 11.9 Å². The van der Waals surface area contributed by atoms with E-state index in [1.165, 1.54) is 12.1 Å². The van der Waals surface area contributed by atoms with Crippen molar-refractivity contribution >= 4 is 11.6 Å². The summed E-state index contributed by atoms with van der Waals surface area (Å²) in [5.41, 5.74) is 7.11. The van der Waals surface area contributed by atoms with Gasteiger partial charge in [0.25, 0.3) is 0 Å².